The quantitative estimate of drug-likeness (QED) is 0.752. The number of aromatic nitrogens is 2. The minimum atomic E-state index is -0.0850. The van der Waals surface area contributed by atoms with Gasteiger partial charge in [0.05, 0.1) is 11.0 Å². The lowest BCUT2D eigenvalue weighted by atomic mass is 10.1. The maximum absolute atomic E-state index is 11.9. The summed E-state index contributed by atoms with van der Waals surface area (Å²) in [5, 5.41) is 5.94. The smallest absolute Gasteiger partial charge is 0.230 e. The van der Waals surface area contributed by atoms with Crippen LogP contribution in [-0.2, 0) is 4.79 Å². The van der Waals surface area contributed by atoms with E-state index in [2.05, 4.69) is 20.6 Å². The Bertz CT molecular complexity index is 502. The van der Waals surface area contributed by atoms with Crippen LogP contribution in [0.3, 0.4) is 0 Å². The molecule has 0 saturated heterocycles. The van der Waals surface area contributed by atoms with Crippen molar-refractivity contribution in [1.29, 1.82) is 0 Å². The number of H-pyrrole nitrogens is 1. The number of amides is 1. The number of hydrogen-bond donors (Lipinski definition) is 3. The predicted octanol–water partition coefficient (Wildman–Crippen LogP) is 1.75. The van der Waals surface area contributed by atoms with Gasteiger partial charge in [0.25, 0.3) is 0 Å². The molecule has 5 nitrogen and oxygen atoms in total. The van der Waals surface area contributed by atoms with Crippen LogP contribution in [0, 0.1) is 5.92 Å². The van der Waals surface area contributed by atoms with Gasteiger partial charge >= 0.3 is 0 Å². The SMILES string of the molecule is CCNCC(C)C(=O)Nc1nc2ccccc2[nH]1. The number of imidazole rings is 1. The van der Waals surface area contributed by atoms with E-state index in [1.165, 1.54) is 0 Å². The lowest BCUT2D eigenvalue weighted by Gasteiger charge is -2.10. The molecule has 0 aliphatic carbocycles. The van der Waals surface area contributed by atoms with Crippen LogP contribution in [0.25, 0.3) is 11.0 Å². The second-order valence-electron chi connectivity index (χ2n) is 4.30. The van der Waals surface area contributed by atoms with Crippen molar-refractivity contribution < 1.29 is 4.79 Å². The predicted molar refractivity (Wildman–Crippen MR) is 72.4 cm³/mol. The molecule has 1 aromatic carbocycles. The summed E-state index contributed by atoms with van der Waals surface area (Å²) in [6, 6.07) is 7.69. The number of rotatable bonds is 5. The zero-order valence-electron chi connectivity index (χ0n) is 10.7. The van der Waals surface area contributed by atoms with Crippen LogP contribution in [0.4, 0.5) is 5.95 Å². The van der Waals surface area contributed by atoms with Crippen molar-refractivity contribution in [3.8, 4) is 0 Å². The summed E-state index contributed by atoms with van der Waals surface area (Å²) in [5.41, 5.74) is 1.78. The van der Waals surface area contributed by atoms with Gasteiger partial charge in [-0.2, -0.15) is 0 Å². The van der Waals surface area contributed by atoms with E-state index in [1.54, 1.807) is 0 Å². The molecule has 1 amide bonds. The molecule has 0 bridgehead atoms. The highest BCUT2D eigenvalue weighted by molar-refractivity contribution is 5.92. The van der Waals surface area contributed by atoms with Gasteiger partial charge < -0.3 is 10.3 Å². The molecule has 1 aromatic heterocycles. The summed E-state index contributed by atoms with van der Waals surface area (Å²) < 4.78 is 0. The Labute approximate surface area is 106 Å². The molecule has 5 heteroatoms. The third-order valence-corrected chi connectivity index (χ3v) is 2.78. The van der Waals surface area contributed by atoms with Gasteiger partial charge in [-0.05, 0) is 18.7 Å². The van der Waals surface area contributed by atoms with E-state index in [9.17, 15) is 4.79 Å². The molecular weight excluding hydrogens is 228 g/mol. The van der Waals surface area contributed by atoms with Crippen molar-refractivity contribution >= 4 is 22.9 Å². The molecule has 96 valence electrons. The van der Waals surface area contributed by atoms with E-state index in [0.29, 0.717) is 12.5 Å². The highest BCUT2D eigenvalue weighted by Crippen LogP contribution is 2.13. The molecule has 1 atom stereocenters. The number of aromatic amines is 1. The second kappa shape index (κ2) is 5.64. The van der Waals surface area contributed by atoms with Crippen molar-refractivity contribution in [2.75, 3.05) is 18.4 Å². The largest absolute Gasteiger partial charge is 0.324 e. The molecule has 3 N–H and O–H groups in total. The van der Waals surface area contributed by atoms with Crippen molar-refractivity contribution in [1.82, 2.24) is 15.3 Å². The Morgan fingerprint density at radius 3 is 2.94 bits per heavy atom. The normalized spacial score (nSPS) is 12.6. The molecule has 0 spiro atoms. The van der Waals surface area contributed by atoms with Gasteiger partial charge in [0, 0.05) is 12.5 Å². The first-order valence-corrected chi connectivity index (χ1v) is 6.17. The molecule has 2 aromatic rings. The number of carbonyl (C=O) groups is 1. The topological polar surface area (TPSA) is 69.8 Å². The summed E-state index contributed by atoms with van der Waals surface area (Å²) in [4.78, 5) is 19.3. The van der Waals surface area contributed by atoms with E-state index < -0.39 is 0 Å². The average molecular weight is 246 g/mol. The Morgan fingerprint density at radius 1 is 1.44 bits per heavy atom. The molecular formula is C13H18N4O. The van der Waals surface area contributed by atoms with E-state index >= 15 is 0 Å². The monoisotopic (exact) mass is 246 g/mol. The fourth-order valence-electron chi connectivity index (χ4n) is 1.71. The number of carbonyl (C=O) groups excluding carboxylic acids is 1. The van der Waals surface area contributed by atoms with E-state index in [-0.39, 0.29) is 11.8 Å². The maximum Gasteiger partial charge on any atom is 0.230 e. The third-order valence-electron chi connectivity index (χ3n) is 2.78. The number of para-hydroxylation sites is 2. The van der Waals surface area contributed by atoms with Crippen LogP contribution in [0.2, 0.25) is 0 Å². The van der Waals surface area contributed by atoms with Gasteiger partial charge in [0.1, 0.15) is 0 Å². The fraction of sp³-hybridized carbons (Fsp3) is 0.385. The Balaban J connectivity index is 2.02. The van der Waals surface area contributed by atoms with Crippen molar-refractivity contribution in [3.63, 3.8) is 0 Å². The first-order valence-electron chi connectivity index (χ1n) is 6.17. The number of fused-ring (bicyclic) bond motifs is 1. The van der Waals surface area contributed by atoms with Crippen LogP contribution in [0.1, 0.15) is 13.8 Å². The third kappa shape index (κ3) is 2.87. The first-order chi connectivity index (χ1) is 8.70. The minimum Gasteiger partial charge on any atom is -0.324 e. The van der Waals surface area contributed by atoms with Crippen LogP contribution < -0.4 is 10.6 Å². The molecule has 18 heavy (non-hydrogen) atoms. The Kier molecular flexibility index (Phi) is 3.94. The van der Waals surface area contributed by atoms with Crippen LogP contribution in [0.15, 0.2) is 24.3 Å². The fourth-order valence-corrected chi connectivity index (χ4v) is 1.71. The van der Waals surface area contributed by atoms with Crippen molar-refractivity contribution in [2.24, 2.45) is 5.92 Å². The Morgan fingerprint density at radius 2 is 2.22 bits per heavy atom. The second-order valence-corrected chi connectivity index (χ2v) is 4.30. The molecule has 1 heterocycles. The van der Waals surface area contributed by atoms with Crippen molar-refractivity contribution in [2.45, 2.75) is 13.8 Å². The summed E-state index contributed by atoms with van der Waals surface area (Å²) in [6.45, 7) is 5.44. The van der Waals surface area contributed by atoms with Gasteiger partial charge in [-0.25, -0.2) is 4.98 Å². The highest BCUT2D eigenvalue weighted by atomic mass is 16.2. The van der Waals surface area contributed by atoms with Crippen LogP contribution in [0.5, 0.6) is 0 Å². The van der Waals surface area contributed by atoms with E-state index in [0.717, 1.165) is 17.6 Å². The standard InChI is InChI=1S/C13H18N4O/c1-3-14-8-9(2)12(18)17-13-15-10-6-4-5-7-11(10)16-13/h4-7,9,14H,3,8H2,1-2H3,(H2,15,16,17,18). The zero-order chi connectivity index (χ0) is 13.0. The number of anilines is 1. The number of hydrogen-bond acceptors (Lipinski definition) is 3. The van der Waals surface area contributed by atoms with Gasteiger partial charge in [-0.1, -0.05) is 26.0 Å². The van der Waals surface area contributed by atoms with Crippen LogP contribution in [-0.4, -0.2) is 29.0 Å². The van der Waals surface area contributed by atoms with E-state index in [4.69, 9.17) is 0 Å². The molecule has 2 rings (SSSR count). The number of nitrogens with one attached hydrogen (secondary N) is 3. The highest BCUT2D eigenvalue weighted by Gasteiger charge is 2.13. The number of benzene rings is 1. The molecule has 0 radical (unpaired) electrons. The molecule has 0 fully saturated rings. The van der Waals surface area contributed by atoms with Crippen LogP contribution >= 0.6 is 0 Å². The summed E-state index contributed by atoms with van der Waals surface area (Å²) in [7, 11) is 0. The average Bonchev–Trinajstić information content (AvgIpc) is 2.77. The lowest BCUT2D eigenvalue weighted by molar-refractivity contribution is -0.119. The van der Waals surface area contributed by atoms with Gasteiger partial charge in [-0.15, -0.1) is 0 Å². The van der Waals surface area contributed by atoms with Gasteiger partial charge in [0.2, 0.25) is 11.9 Å². The minimum absolute atomic E-state index is 0.0324. The molecule has 1 unspecified atom stereocenters. The molecule has 0 saturated carbocycles. The van der Waals surface area contributed by atoms with E-state index in [1.807, 2.05) is 38.1 Å². The first kappa shape index (κ1) is 12.6. The maximum atomic E-state index is 11.9. The molecule has 0 aliphatic heterocycles. The zero-order valence-corrected chi connectivity index (χ0v) is 10.7. The van der Waals surface area contributed by atoms with Gasteiger partial charge in [0.15, 0.2) is 0 Å². The number of nitrogens with zero attached hydrogens (tertiary/aromatic N) is 1. The summed E-state index contributed by atoms with van der Waals surface area (Å²) in [5.74, 6) is 0.387. The summed E-state index contributed by atoms with van der Waals surface area (Å²) >= 11 is 0. The van der Waals surface area contributed by atoms with Crippen molar-refractivity contribution in [3.05, 3.63) is 24.3 Å². The summed E-state index contributed by atoms with van der Waals surface area (Å²) in [6.07, 6.45) is 0. The van der Waals surface area contributed by atoms with Gasteiger partial charge in [-0.3, -0.25) is 10.1 Å². The molecule has 0 aliphatic rings. The Hall–Kier alpha value is -1.88. The lowest BCUT2D eigenvalue weighted by Crippen LogP contribution is -2.30.